The summed E-state index contributed by atoms with van der Waals surface area (Å²) in [7, 11) is -3.48. The fourth-order valence-corrected chi connectivity index (χ4v) is 6.06. The number of hydrogen-bond donors (Lipinski definition) is 0. The SMILES string of the molecule is O=S(=O)(c1ccc(Cl)c2ccccc12)N1CC2CCC(CC2)C1. The van der Waals surface area contributed by atoms with Crippen molar-refractivity contribution in [3.8, 4) is 0 Å². The Balaban J connectivity index is 1.82. The Morgan fingerprint density at radius 2 is 1.43 bits per heavy atom. The maximum absolute atomic E-state index is 13.3. The lowest BCUT2D eigenvalue weighted by Crippen LogP contribution is -2.34. The van der Waals surface area contributed by atoms with E-state index in [0.29, 0.717) is 34.8 Å². The molecule has 1 saturated carbocycles. The third-order valence-corrected chi connectivity index (χ3v) is 7.56. The summed E-state index contributed by atoms with van der Waals surface area (Å²) >= 11 is 6.24. The lowest BCUT2D eigenvalue weighted by atomic mass is 9.84. The van der Waals surface area contributed by atoms with Gasteiger partial charge in [-0.15, -0.1) is 0 Å². The molecule has 3 aliphatic rings. The van der Waals surface area contributed by atoms with E-state index in [4.69, 9.17) is 11.6 Å². The molecule has 0 radical (unpaired) electrons. The monoisotopic (exact) mass is 349 g/mol. The van der Waals surface area contributed by atoms with Crippen molar-refractivity contribution in [2.75, 3.05) is 13.1 Å². The molecule has 0 unspecified atom stereocenters. The number of halogens is 1. The molecule has 2 aliphatic heterocycles. The highest BCUT2D eigenvalue weighted by atomic mass is 35.5. The Hall–Kier alpha value is -1.10. The van der Waals surface area contributed by atoms with Crippen molar-refractivity contribution >= 4 is 32.4 Å². The number of nitrogens with zero attached hydrogens (tertiary/aromatic N) is 1. The lowest BCUT2D eigenvalue weighted by Gasteiger charge is -2.23. The molecule has 2 bridgehead atoms. The van der Waals surface area contributed by atoms with E-state index in [0.717, 1.165) is 36.5 Å². The molecule has 23 heavy (non-hydrogen) atoms. The summed E-state index contributed by atoms with van der Waals surface area (Å²) in [4.78, 5) is 0.388. The average Bonchev–Trinajstić information content (AvgIpc) is 2.90. The van der Waals surface area contributed by atoms with Gasteiger partial charge in [0.25, 0.3) is 0 Å². The number of sulfonamides is 1. The number of hydrogen-bond acceptors (Lipinski definition) is 2. The smallest absolute Gasteiger partial charge is 0.207 e. The third-order valence-electron chi connectivity index (χ3n) is 5.34. The molecule has 0 aromatic heterocycles. The minimum Gasteiger partial charge on any atom is -0.207 e. The van der Waals surface area contributed by atoms with Gasteiger partial charge in [-0.1, -0.05) is 35.9 Å². The van der Waals surface area contributed by atoms with Crippen LogP contribution in [-0.2, 0) is 10.0 Å². The number of benzene rings is 2. The fraction of sp³-hybridized carbons (Fsp3) is 0.444. The highest BCUT2D eigenvalue weighted by molar-refractivity contribution is 7.89. The first kappa shape index (κ1) is 15.4. The number of fused-ring (bicyclic) bond motifs is 5. The van der Waals surface area contributed by atoms with E-state index in [9.17, 15) is 8.42 Å². The summed E-state index contributed by atoms with van der Waals surface area (Å²) in [6.45, 7) is 1.32. The van der Waals surface area contributed by atoms with Crippen LogP contribution in [0.4, 0.5) is 0 Å². The van der Waals surface area contributed by atoms with Gasteiger partial charge in [0.1, 0.15) is 0 Å². The zero-order valence-electron chi connectivity index (χ0n) is 12.9. The van der Waals surface area contributed by atoms with Gasteiger partial charge in [0.15, 0.2) is 0 Å². The number of rotatable bonds is 2. The summed E-state index contributed by atoms with van der Waals surface area (Å²) in [5.41, 5.74) is 0. The maximum atomic E-state index is 13.3. The van der Waals surface area contributed by atoms with Crippen LogP contribution in [0, 0.1) is 11.8 Å². The predicted octanol–water partition coefficient (Wildman–Crippen LogP) is 4.30. The van der Waals surface area contributed by atoms with Gasteiger partial charge < -0.3 is 0 Å². The minimum atomic E-state index is -3.48. The molecule has 2 aromatic carbocycles. The second kappa shape index (κ2) is 5.76. The summed E-state index contributed by atoms with van der Waals surface area (Å²) in [6.07, 6.45) is 4.66. The summed E-state index contributed by atoms with van der Waals surface area (Å²) in [6, 6.07) is 10.8. The first-order valence-electron chi connectivity index (χ1n) is 8.23. The van der Waals surface area contributed by atoms with Gasteiger partial charge >= 0.3 is 0 Å². The highest BCUT2D eigenvalue weighted by Crippen LogP contribution is 2.37. The van der Waals surface area contributed by atoms with Crippen LogP contribution < -0.4 is 0 Å². The molecule has 1 aliphatic carbocycles. The minimum absolute atomic E-state index is 0.388. The summed E-state index contributed by atoms with van der Waals surface area (Å²) in [5.74, 6) is 1.03. The maximum Gasteiger partial charge on any atom is 0.243 e. The molecule has 0 atom stereocenters. The van der Waals surface area contributed by atoms with E-state index in [1.165, 1.54) is 0 Å². The summed E-state index contributed by atoms with van der Waals surface area (Å²) in [5, 5.41) is 2.11. The van der Waals surface area contributed by atoms with Crippen molar-refractivity contribution in [2.45, 2.75) is 30.6 Å². The zero-order chi connectivity index (χ0) is 16.0. The van der Waals surface area contributed by atoms with Crippen LogP contribution in [0.5, 0.6) is 0 Å². The fourth-order valence-electron chi connectivity index (χ4n) is 4.04. The van der Waals surface area contributed by atoms with E-state index in [2.05, 4.69) is 0 Å². The molecule has 2 heterocycles. The first-order chi connectivity index (χ1) is 11.1. The van der Waals surface area contributed by atoms with Gasteiger partial charge in [-0.05, 0) is 49.7 Å². The van der Waals surface area contributed by atoms with Crippen molar-refractivity contribution in [3.05, 3.63) is 41.4 Å². The van der Waals surface area contributed by atoms with E-state index < -0.39 is 10.0 Å². The van der Waals surface area contributed by atoms with Gasteiger partial charge in [0.2, 0.25) is 10.0 Å². The predicted molar refractivity (Wildman–Crippen MR) is 93.2 cm³/mol. The van der Waals surface area contributed by atoms with Crippen molar-refractivity contribution < 1.29 is 8.42 Å². The van der Waals surface area contributed by atoms with Crippen molar-refractivity contribution in [1.29, 1.82) is 0 Å². The van der Waals surface area contributed by atoms with E-state index in [1.54, 1.807) is 16.4 Å². The van der Waals surface area contributed by atoms with Crippen molar-refractivity contribution in [1.82, 2.24) is 4.31 Å². The largest absolute Gasteiger partial charge is 0.243 e. The topological polar surface area (TPSA) is 37.4 Å². The Morgan fingerprint density at radius 1 is 0.870 bits per heavy atom. The van der Waals surface area contributed by atoms with E-state index in [1.807, 2.05) is 24.3 Å². The van der Waals surface area contributed by atoms with Crippen molar-refractivity contribution in [2.24, 2.45) is 11.8 Å². The second-order valence-corrected chi connectivity index (χ2v) is 9.11. The van der Waals surface area contributed by atoms with Gasteiger partial charge in [0, 0.05) is 28.9 Å². The van der Waals surface area contributed by atoms with Crippen LogP contribution in [0.3, 0.4) is 0 Å². The molecule has 3 fully saturated rings. The van der Waals surface area contributed by atoms with E-state index >= 15 is 0 Å². The second-order valence-electron chi connectivity index (χ2n) is 6.80. The van der Waals surface area contributed by atoms with Crippen LogP contribution in [-0.4, -0.2) is 25.8 Å². The molecule has 5 heteroatoms. The molecule has 122 valence electrons. The third kappa shape index (κ3) is 2.67. The lowest BCUT2D eigenvalue weighted by molar-refractivity contribution is 0.326. The average molecular weight is 350 g/mol. The molecule has 0 spiro atoms. The molecular weight excluding hydrogens is 330 g/mol. The zero-order valence-corrected chi connectivity index (χ0v) is 14.5. The standard InChI is InChI=1S/C18H20ClNO2S/c19-17-9-10-18(16-4-2-1-3-15(16)17)23(21,22)20-11-13-5-6-14(12-20)8-7-13/h1-4,9-10,13-14H,5-8,11-12H2. The van der Waals surface area contributed by atoms with Gasteiger partial charge in [-0.25, -0.2) is 8.42 Å². The van der Waals surface area contributed by atoms with Crippen LogP contribution in [0.2, 0.25) is 5.02 Å². The van der Waals surface area contributed by atoms with Crippen LogP contribution >= 0.6 is 11.6 Å². The van der Waals surface area contributed by atoms with Gasteiger partial charge in [-0.2, -0.15) is 4.31 Å². The van der Waals surface area contributed by atoms with Gasteiger partial charge in [0.05, 0.1) is 4.90 Å². The van der Waals surface area contributed by atoms with Gasteiger partial charge in [-0.3, -0.25) is 0 Å². The van der Waals surface area contributed by atoms with Crippen LogP contribution in [0.1, 0.15) is 25.7 Å². The molecular formula is C18H20ClNO2S. The van der Waals surface area contributed by atoms with Crippen LogP contribution in [0.15, 0.2) is 41.3 Å². The van der Waals surface area contributed by atoms with Crippen molar-refractivity contribution in [3.63, 3.8) is 0 Å². The van der Waals surface area contributed by atoms with E-state index in [-0.39, 0.29) is 0 Å². The summed E-state index contributed by atoms with van der Waals surface area (Å²) < 4.78 is 28.3. The Kier molecular flexibility index (Phi) is 3.87. The molecule has 0 amide bonds. The molecule has 2 saturated heterocycles. The molecule has 3 nitrogen and oxygen atoms in total. The Labute approximate surface area is 142 Å². The first-order valence-corrected chi connectivity index (χ1v) is 10.0. The quantitative estimate of drug-likeness (QED) is 0.810. The molecule has 0 N–H and O–H groups in total. The molecule has 2 aromatic rings. The Bertz CT molecular complexity index is 827. The molecule has 5 rings (SSSR count). The normalized spacial score (nSPS) is 25.6. The Morgan fingerprint density at radius 3 is 2.04 bits per heavy atom. The van der Waals surface area contributed by atoms with Crippen LogP contribution in [0.25, 0.3) is 10.8 Å². The highest BCUT2D eigenvalue weighted by Gasteiger charge is 2.36.